The lowest BCUT2D eigenvalue weighted by atomic mass is 9.98. The van der Waals surface area contributed by atoms with Crippen LogP contribution in [0.15, 0.2) is 18.2 Å². The molecule has 1 aromatic rings. The first kappa shape index (κ1) is 17.3. The number of carbonyl (C=O) groups excluding carboxylic acids is 2. The maximum absolute atomic E-state index is 12.9. The van der Waals surface area contributed by atoms with E-state index in [4.69, 9.17) is 0 Å². The number of fused-ring (bicyclic) bond motifs is 1. The Morgan fingerprint density at radius 1 is 1.25 bits per heavy atom. The standard InChI is InChI=1S/C19H26N2O2S/c1-13(22)21-11-5-6-14-12-15(9-10-16(14)21)19(23)20(2)17-7-4-8-18(17)24-3/h9-10,12,17-18H,4-8,11H2,1-3H3/t17-,18-/m0/s1. The summed E-state index contributed by atoms with van der Waals surface area (Å²) in [6.07, 6.45) is 7.51. The van der Waals surface area contributed by atoms with Crippen LogP contribution in [0.5, 0.6) is 0 Å². The van der Waals surface area contributed by atoms with E-state index in [1.165, 1.54) is 12.8 Å². The van der Waals surface area contributed by atoms with Gasteiger partial charge in [-0.3, -0.25) is 9.59 Å². The summed E-state index contributed by atoms with van der Waals surface area (Å²) in [7, 11) is 1.93. The van der Waals surface area contributed by atoms with Gasteiger partial charge in [-0.1, -0.05) is 6.42 Å². The second-order valence-corrected chi connectivity index (χ2v) is 7.88. The molecule has 2 amide bonds. The van der Waals surface area contributed by atoms with Gasteiger partial charge in [0.25, 0.3) is 5.91 Å². The van der Waals surface area contributed by atoms with Crippen LogP contribution in [-0.2, 0) is 11.2 Å². The molecule has 1 aromatic carbocycles. The minimum atomic E-state index is 0.0703. The second-order valence-electron chi connectivity index (χ2n) is 6.81. The van der Waals surface area contributed by atoms with Crippen LogP contribution < -0.4 is 4.90 Å². The van der Waals surface area contributed by atoms with Gasteiger partial charge in [0.05, 0.1) is 0 Å². The fraction of sp³-hybridized carbons (Fsp3) is 0.579. The molecule has 24 heavy (non-hydrogen) atoms. The summed E-state index contributed by atoms with van der Waals surface area (Å²) in [6.45, 7) is 2.37. The normalized spacial score (nSPS) is 23.0. The van der Waals surface area contributed by atoms with Crippen LogP contribution in [-0.4, -0.2) is 47.9 Å². The molecule has 1 aliphatic carbocycles. The average molecular weight is 346 g/mol. The lowest BCUT2D eigenvalue weighted by Crippen LogP contribution is -2.40. The van der Waals surface area contributed by atoms with Crippen molar-refractivity contribution in [3.05, 3.63) is 29.3 Å². The molecule has 2 aliphatic rings. The van der Waals surface area contributed by atoms with Crippen LogP contribution in [0.1, 0.15) is 48.5 Å². The van der Waals surface area contributed by atoms with Crippen LogP contribution in [0, 0.1) is 0 Å². The largest absolute Gasteiger partial charge is 0.338 e. The summed E-state index contributed by atoms with van der Waals surface area (Å²) >= 11 is 1.87. The van der Waals surface area contributed by atoms with Gasteiger partial charge < -0.3 is 9.80 Å². The fourth-order valence-electron chi connectivity index (χ4n) is 4.04. The molecule has 4 nitrogen and oxygen atoms in total. The van der Waals surface area contributed by atoms with E-state index in [1.54, 1.807) is 6.92 Å². The topological polar surface area (TPSA) is 40.6 Å². The Morgan fingerprint density at radius 2 is 2.04 bits per heavy atom. The number of aryl methyl sites for hydroxylation is 1. The van der Waals surface area contributed by atoms with Crippen LogP contribution in [0.4, 0.5) is 5.69 Å². The van der Waals surface area contributed by atoms with Crippen molar-refractivity contribution in [2.24, 2.45) is 0 Å². The number of hydrogen-bond acceptors (Lipinski definition) is 3. The van der Waals surface area contributed by atoms with E-state index in [0.29, 0.717) is 11.3 Å². The molecule has 0 spiro atoms. The first-order valence-electron chi connectivity index (χ1n) is 8.74. The highest BCUT2D eigenvalue weighted by molar-refractivity contribution is 7.99. The number of benzene rings is 1. The third-order valence-electron chi connectivity index (χ3n) is 5.36. The number of thioether (sulfide) groups is 1. The van der Waals surface area contributed by atoms with Gasteiger partial charge in [0.2, 0.25) is 5.91 Å². The summed E-state index contributed by atoms with van der Waals surface area (Å²) in [5.74, 6) is 0.171. The molecule has 1 fully saturated rings. The van der Waals surface area contributed by atoms with Gasteiger partial charge >= 0.3 is 0 Å². The van der Waals surface area contributed by atoms with Gasteiger partial charge in [-0.05, 0) is 55.7 Å². The molecule has 0 bridgehead atoms. The molecule has 5 heteroatoms. The second kappa shape index (κ2) is 7.18. The average Bonchev–Trinajstić information content (AvgIpc) is 3.07. The maximum Gasteiger partial charge on any atom is 0.253 e. The molecular formula is C19H26N2O2S. The summed E-state index contributed by atoms with van der Waals surface area (Å²) < 4.78 is 0. The zero-order valence-corrected chi connectivity index (χ0v) is 15.6. The molecule has 1 saturated carbocycles. The Balaban J connectivity index is 1.82. The third-order valence-corrected chi connectivity index (χ3v) is 6.52. The lowest BCUT2D eigenvalue weighted by Gasteiger charge is -2.31. The van der Waals surface area contributed by atoms with Crippen molar-refractivity contribution in [3.8, 4) is 0 Å². The van der Waals surface area contributed by atoms with E-state index in [2.05, 4.69) is 6.26 Å². The van der Waals surface area contributed by atoms with E-state index in [1.807, 2.05) is 46.8 Å². The number of rotatable bonds is 3. The number of anilines is 1. The predicted molar refractivity (Wildman–Crippen MR) is 99.8 cm³/mol. The Hall–Kier alpha value is -1.49. The number of nitrogens with zero attached hydrogens (tertiary/aromatic N) is 2. The number of amides is 2. The Kier molecular flexibility index (Phi) is 5.18. The van der Waals surface area contributed by atoms with E-state index in [-0.39, 0.29) is 11.8 Å². The van der Waals surface area contributed by atoms with Crippen molar-refractivity contribution in [2.45, 2.75) is 50.3 Å². The molecule has 1 aliphatic heterocycles. The fourth-order valence-corrected chi connectivity index (χ4v) is 5.07. The Labute approximate surface area is 148 Å². The minimum absolute atomic E-state index is 0.0703. The van der Waals surface area contributed by atoms with Crippen LogP contribution >= 0.6 is 11.8 Å². The molecule has 130 valence electrons. The molecule has 0 saturated heterocycles. The Morgan fingerprint density at radius 3 is 2.75 bits per heavy atom. The van der Waals surface area contributed by atoms with Gasteiger partial charge in [-0.2, -0.15) is 11.8 Å². The Bertz CT molecular complexity index is 646. The summed E-state index contributed by atoms with van der Waals surface area (Å²) in [6, 6.07) is 6.14. The first-order chi connectivity index (χ1) is 11.5. The van der Waals surface area contributed by atoms with Crippen molar-refractivity contribution in [3.63, 3.8) is 0 Å². The van der Waals surface area contributed by atoms with E-state index < -0.39 is 0 Å². The summed E-state index contributed by atoms with van der Waals surface area (Å²) in [4.78, 5) is 28.5. The van der Waals surface area contributed by atoms with Crippen molar-refractivity contribution in [1.29, 1.82) is 0 Å². The summed E-state index contributed by atoms with van der Waals surface area (Å²) in [5.41, 5.74) is 2.83. The van der Waals surface area contributed by atoms with Gasteiger partial charge in [-0.25, -0.2) is 0 Å². The molecule has 1 heterocycles. The number of carbonyl (C=O) groups is 2. The van der Waals surface area contributed by atoms with Crippen LogP contribution in [0.3, 0.4) is 0 Å². The smallest absolute Gasteiger partial charge is 0.253 e. The van der Waals surface area contributed by atoms with E-state index >= 15 is 0 Å². The third kappa shape index (κ3) is 3.18. The van der Waals surface area contributed by atoms with Crippen molar-refractivity contribution >= 4 is 29.3 Å². The molecule has 3 rings (SSSR count). The van der Waals surface area contributed by atoms with Crippen LogP contribution in [0.2, 0.25) is 0 Å². The predicted octanol–water partition coefficient (Wildman–Crippen LogP) is 3.34. The van der Waals surface area contributed by atoms with E-state index in [9.17, 15) is 9.59 Å². The number of hydrogen-bond donors (Lipinski definition) is 0. The van der Waals surface area contributed by atoms with E-state index in [0.717, 1.165) is 42.6 Å². The van der Waals surface area contributed by atoms with Crippen molar-refractivity contribution < 1.29 is 9.59 Å². The van der Waals surface area contributed by atoms with Gasteiger partial charge in [0, 0.05) is 43.1 Å². The zero-order valence-electron chi connectivity index (χ0n) is 14.7. The molecule has 0 N–H and O–H groups in total. The lowest BCUT2D eigenvalue weighted by molar-refractivity contribution is -0.116. The van der Waals surface area contributed by atoms with Gasteiger partial charge in [0.15, 0.2) is 0 Å². The zero-order chi connectivity index (χ0) is 17.3. The SMILES string of the molecule is CS[C@H]1CCC[C@@H]1N(C)C(=O)c1ccc2c(c1)CCCN2C(C)=O. The molecule has 0 unspecified atom stereocenters. The first-order valence-corrected chi connectivity index (χ1v) is 10.0. The highest BCUT2D eigenvalue weighted by atomic mass is 32.2. The van der Waals surface area contributed by atoms with Gasteiger partial charge in [-0.15, -0.1) is 0 Å². The molecular weight excluding hydrogens is 320 g/mol. The quantitative estimate of drug-likeness (QED) is 0.843. The summed E-state index contributed by atoms with van der Waals surface area (Å²) in [5, 5.41) is 0.546. The minimum Gasteiger partial charge on any atom is -0.338 e. The van der Waals surface area contributed by atoms with Crippen molar-refractivity contribution in [2.75, 3.05) is 24.7 Å². The van der Waals surface area contributed by atoms with Crippen molar-refractivity contribution in [1.82, 2.24) is 4.90 Å². The van der Waals surface area contributed by atoms with Crippen LogP contribution in [0.25, 0.3) is 0 Å². The van der Waals surface area contributed by atoms with Gasteiger partial charge in [0.1, 0.15) is 0 Å². The highest BCUT2D eigenvalue weighted by Gasteiger charge is 2.32. The monoisotopic (exact) mass is 346 g/mol. The molecule has 0 aromatic heterocycles. The molecule has 0 radical (unpaired) electrons. The highest BCUT2D eigenvalue weighted by Crippen LogP contribution is 2.33. The maximum atomic E-state index is 12.9. The molecule has 2 atom stereocenters.